The Bertz CT molecular complexity index is 673. The van der Waals surface area contributed by atoms with Crippen molar-refractivity contribution >= 4 is 17.7 Å². The summed E-state index contributed by atoms with van der Waals surface area (Å²) in [6.07, 6.45) is 1.11. The van der Waals surface area contributed by atoms with Gasteiger partial charge in [0.2, 0.25) is 5.91 Å². The number of nitrogens with zero attached hydrogens (tertiary/aromatic N) is 2. The molecular weight excluding hydrogens is 292 g/mol. The van der Waals surface area contributed by atoms with E-state index in [1.165, 1.54) is 0 Å². The zero-order valence-electron chi connectivity index (χ0n) is 13.8. The molecule has 0 aliphatic carbocycles. The van der Waals surface area contributed by atoms with Crippen LogP contribution in [0.15, 0.2) is 18.2 Å². The Morgan fingerprint density at radius 3 is 2.35 bits per heavy atom. The van der Waals surface area contributed by atoms with Crippen molar-refractivity contribution in [2.24, 2.45) is 11.8 Å². The zero-order valence-corrected chi connectivity index (χ0v) is 13.8. The molecule has 3 amide bonds. The van der Waals surface area contributed by atoms with Crippen LogP contribution in [0.4, 0.5) is 0 Å². The summed E-state index contributed by atoms with van der Waals surface area (Å²) in [6, 6.07) is 5.19. The van der Waals surface area contributed by atoms with Gasteiger partial charge in [0.15, 0.2) is 0 Å². The fourth-order valence-electron chi connectivity index (χ4n) is 3.65. The first-order chi connectivity index (χ1) is 10.9. The summed E-state index contributed by atoms with van der Waals surface area (Å²) in [6.45, 7) is 7.37. The Morgan fingerprint density at radius 1 is 1.09 bits per heavy atom. The molecule has 0 N–H and O–H groups in total. The van der Waals surface area contributed by atoms with Crippen LogP contribution in [0.3, 0.4) is 0 Å². The van der Waals surface area contributed by atoms with Crippen molar-refractivity contribution < 1.29 is 14.4 Å². The molecule has 23 heavy (non-hydrogen) atoms. The molecule has 5 nitrogen and oxygen atoms in total. The SMILES string of the molecule is Cc1ccc2c(c1)C(=O)N(CC(=O)N1CC(C)CC(C)C1)C2=O. The van der Waals surface area contributed by atoms with Crippen LogP contribution < -0.4 is 0 Å². The van der Waals surface area contributed by atoms with E-state index in [0.29, 0.717) is 36.1 Å². The fourth-order valence-corrected chi connectivity index (χ4v) is 3.65. The second-order valence-electron chi connectivity index (χ2n) is 6.99. The van der Waals surface area contributed by atoms with E-state index in [1.807, 2.05) is 13.0 Å². The standard InChI is InChI=1S/C18H22N2O3/c1-11-4-5-14-15(7-11)18(23)20(17(14)22)10-16(21)19-8-12(2)6-13(3)9-19/h4-5,7,12-13H,6,8-10H2,1-3H3. The lowest BCUT2D eigenvalue weighted by molar-refractivity contribution is -0.134. The van der Waals surface area contributed by atoms with E-state index in [0.717, 1.165) is 16.9 Å². The summed E-state index contributed by atoms with van der Waals surface area (Å²) in [7, 11) is 0. The third kappa shape index (κ3) is 2.87. The van der Waals surface area contributed by atoms with Crippen molar-refractivity contribution in [3.05, 3.63) is 34.9 Å². The van der Waals surface area contributed by atoms with Gasteiger partial charge in [-0.25, -0.2) is 0 Å². The van der Waals surface area contributed by atoms with Crippen LogP contribution in [0.2, 0.25) is 0 Å². The maximum absolute atomic E-state index is 12.5. The molecule has 2 atom stereocenters. The van der Waals surface area contributed by atoms with Gasteiger partial charge < -0.3 is 4.90 Å². The predicted octanol–water partition coefficient (Wildman–Crippen LogP) is 2.10. The number of benzene rings is 1. The van der Waals surface area contributed by atoms with Crippen LogP contribution in [0.5, 0.6) is 0 Å². The minimum atomic E-state index is -0.364. The molecule has 0 spiro atoms. The maximum atomic E-state index is 12.5. The van der Waals surface area contributed by atoms with Gasteiger partial charge in [-0.05, 0) is 37.3 Å². The average molecular weight is 314 g/mol. The molecule has 1 aromatic carbocycles. The van der Waals surface area contributed by atoms with Gasteiger partial charge >= 0.3 is 0 Å². The number of hydrogen-bond donors (Lipinski definition) is 0. The summed E-state index contributed by atoms with van der Waals surface area (Å²) >= 11 is 0. The lowest BCUT2D eigenvalue weighted by Gasteiger charge is -2.35. The minimum absolute atomic E-state index is 0.144. The number of piperidine rings is 1. The van der Waals surface area contributed by atoms with Crippen LogP contribution in [0.25, 0.3) is 0 Å². The highest BCUT2D eigenvalue weighted by Crippen LogP contribution is 2.25. The highest BCUT2D eigenvalue weighted by molar-refractivity contribution is 6.22. The van der Waals surface area contributed by atoms with E-state index >= 15 is 0 Å². The molecule has 0 bridgehead atoms. The molecule has 5 heteroatoms. The van der Waals surface area contributed by atoms with Crippen LogP contribution >= 0.6 is 0 Å². The van der Waals surface area contributed by atoms with E-state index in [2.05, 4.69) is 13.8 Å². The van der Waals surface area contributed by atoms with Gasteiger partial charge in [-0.15, -0.1) is 0 Å². The minimum Gasteiger partial charge on any atom is -0.341 e. The van der Waals surface area contributed by atoms with E-state index in [1.54, 1.807) is 17.0 Å². The van der Waals surface area contributed by atoms with Gasteiger partial charge in [-0.1, -0.05) is 25.5 Å². The third-order valence-corrected chi connectivity index (χ3v) is 4.64. The zero-order chi connectivity index (χ0) is 16.7. The van der Waals surface area contributed by atoms with Gasteiger partial charge in [-0.2, -0.15) is 0 Å². The molecule has 2 aliphatic heterocycles. The van der Waals surface area contributed by atoms with Gasteiger partial charge in [0, 0.05) is 13.1 Å². The van der Waals surface area contributed by atoms with Gasteiger partial charge in [0.25, 0.3) is 11.8 Å². The summed E-state index contributed by atoms with van der Waals surface area (Å²) in [5.41, 5.74) is 1.73. The number of fused-ring (bicyclic) bond motifs is 1. The first-order valence-electron chi connectivity index (χ1n) is 8.11. The highest BCUT2D eigenvalue weighted by Gasteiger charge is 2.38. The van der Waals surface area contributed by atoms with Crippen LogP contribution in [-0.4, -0.2) is 47.2 Å². The molecule has 1 aromatic rings. The van der Waals surface area contributed by atoms with E-state index < -0.39 is 0 Å². The largest absolute Gasteiger partial charge is 0.341 e. The smallest absolute Gasteiger partial charge is 0.262 e. The quantitative estimate of drug-likeness (QED) is 0.786. The molecule has 122 valence electrons. The second kappa shape index (κ2) is 5.80. The fraction of sp³-hybridized carbons (Fsp3) is 0.500. The summed E-state index contributed by atoms with van der Waals surface area (Å²) in [4.78, 5) is 40.2. The Labute approximate surface area is 136 Å². The summed E-state index contributed by atoms with van der Waals surface area (Å²) in [5, 5.41) is 0. The number of carbonyl (C=O) groups excluding carboxylic acids is 3. The van der Waals surface area contributed by atoms with E-state index in [4.69, 9.17) is 0 Å². The highest BCUT2D eigenvalue weighted by atomic mass is 16.2. The van der Waals surface area contributed by atoms with Crippen molar-refractivity contribution in [3.63, 3.8) is 0 Å². The molecule has 0 radical (unpaired) electrons. The molecule has 0 saturated carbocycles. The Balaban J connectivity index is 1.75. The summed E-state index contributed by atoms with van der Waals surface area (Å²) < 4.78 is 0. The molecule has 2 unspecified atom stereocenters. The van der Waals surface area contributed by atoms with Crippen LogP contribution in [0, 0.1) is 18.8 Å². The molecule has 3 rings (SSSR count). The van der Waals surface area contributed by atoms with Gasteiger partial charge in [0.05, 0.1) is 11.1 Å². The molecule has 0 aromatic heterocycles. The van der Waals surface area contributed by atoms with Crippen molar-refractivity contribution in [2.75, 3.05) is 19.6 Å². The normalized spacial score (nSPS) is 24.1. The first-order valence-corrected chi connectivity index (χ1v) is 8.11. The topological polar surface area (TPSA) is 57.7 Å². The number of aryl methyl sites for hydroxylation is 1. The molecule has 2 aliphatic rings. The van der Waals surface area contributed by atoms with E-state index in [-0.39, 0.29) is 24.3 Å². The Morgan fingerprint density at radius 2 is 1.70 bits per heavy atom. The monoisotopic (exact) mass is 314 g/mol. The predicted molar refractivity (Wildman–Crippen MR) is 86.1 cm³/mol. The number of amides is 3. The molecule has 1 fully saturated rings. The van der Waals surface area contributed by atoms with Crippen molar-refractivity contribution in [3.8, 4) is 0 Å². The van der Waals surface area contributed by atoms with Gasteiger partial charge in [-0.3, -0.25) is 19.3 Å². The van der Waals surface area contributed by atoms with Crippen molar-refractivity contribution in [1.29, 1.82) is 0 Å². The average Bonchev–Trinajstić information content (AvgIpc) is 2.71. The molecular formula is C18H22N2O3. The van der Waals surface area contributed by atoms with Crippen LogP contribution in [0.1, 0.15) is 46.5 Å². The lowest BCUT2D eigenvalue weighted by Crippen LogP contribution is -2.48. The summed E-state index contributed by atoms with van der Waals surface area (Å²) in [5.74, 6) is 0.0336. The Hall–Kier alpha value is -2.17. The van der Waals surface area contributed by atoms with Crippen LogP contribution in [-0.2, 0) is 4.79 Å². The number of rotatable bonds is 2. The number of carbonyl (C=O) groups is 3. The second-order valence-corrected chi connectivity index (χ2v) is 6.99. The molecule has 2 heterocycles. The third-order valence-electron chi connectivity index (χ3n) is 4.64. The first kappa shape index (κ1) is 15.7. The number of imide groups is 1. The Kier molecular flexibility index (Phi) is 3.96. The molecule has 1 saturated heterocycles. The van der Waals surface area contributed by atoms with Crippen molar-refractivity contribution in [2.45, 2.75) is 27.2 Å². The number of hydrogen-bond acceptors (Lipinski definition) is 3. The number of likely N-dealkylation sites (tertiary alicyclic amines) is 1. The maximum Gasteiger partial charge on any atom is 0.262 e. The lowest BCUT2D eigenvalue weighted by atomic mass is 9.92. The van der Waals surface area contributed by atoms with E-state index in [9.17, 15) is 14.4 Å². The van der Waals surface area contributed by atoms with Crippen molar-refractivity contribution in [1.82, 2.24) is 9.80 Å². The van der Waals surface area contributed by atoms with Gasteiger partial charge in [0.1, 0.15) is 6.54 Å².